The van der Waals surface area contributed by atoms with Crippen LogP contribution >= 0.6 is 11.8 Å². The van der Waals surface area contributed by atoms with E-state index in [1.165, 1.54) is 11.8 Å². The minimum Gasteiger partial charge on any atom is -0.480 e. The molecule has 1 aromatic rings. The van der Waals surface area contributed by atoms with Crippen LogP contribution in [0.4, 0.5) is 0 Å². The monoisotopic (exact) mass is 269 g/mol. The molecular weight excluding hydrogens is 254 g/mol. The third kappa shape index (κ3) is 5.20. The number of aliphatic hydroxyl groups is 1. The predicted octanol–water partition coefficient (Wildman–Crippen LogP) is 0.482. The standard InChI is InChI=1S/C12H15NO4S/c14-6-10(12(16)17)13-11(15)8-18-7-9-4-2-1-3-5-9/h1-5,10,14H,6-8H2,(H,13,15)(H,16,17)/t10-/m1/s1. The summed E-state index contributed by atoms with van der Waals surface area (Å²) in [5, 5.41) is 19.6. The lowest BCUT2D eigenvalue weighted by Gasteiger charge is -2.11. The molecule has 5 nitrogen and oxygen atoms in total. The molecule has 0 aromatic heterocycles. The van der Waals surface area contributed by atoms with E-state index in [-0.39, 0.29) is 5.75 Å². The number of carbonyl (C=O) groups is 2. The minimum atomic E-state index is -1.24. The normalized spacial score (nSPS) is 11.8. The molecule has 1 aromatic carbocycles. The molecule has 98 valence electrons. The van der Waals surface area contributed by atoms with Crippen molar-refractivity contribution < 1.29 is 19.8 Å². The number of nitrogens with one attached hydrogen (secondary N) is 1. The van der Waals surface area contributed by atoms with Crippen molar-refractivity contribution in [3.63, 3.8) is 0 Å². The maximum Gasteiger partial charge on any atom is 0.328 e. The van der Waals surface area contributed by atoms with Gasteiger partial charge >= 0.3 is 5.97 Å². The first-order valence-corrected chi connectivity index (χ1v) is 6.53. The number of carbonyl (C=O) groups excluding carboxylic acids is 1. The average molecular weight is 269 g/mol. The van der Waals surface area contributed by atoms with Crippen molar-refractivity contribution in [2.45, 2.75) is 11.8 Å². The molecule has 1 amide bonds. The van der Waals surface area contributed by atoms with Gasteiger partial charge in [-0.25, -0.2) is 4.79 Å². The van der Waals surface area contributed by atoms with E-state index in [1.807, 2.05) is 30.3 Å². The second-order valence-electron chi connectivity index (χ2n) is 3.62. The molecule has 6 heteroatoms. The second kappa shape index (κ2) is 7.73. The van der Waals surface area contributed by atoms with Crippen LogP contribution in [0.3, 0.4) is 0 Å². The Kier molecular flexibility index (Phi) is 6.24. The summed E-state index contributed by atoms with van der Waals surface area (Å²) in [7, 11) is 0. The quantitative estimate of drug-likeness (QED) is 0.670. The summed E-state index contributed by atoms with van der Waals surface area (Å²) in [4.78, 5) is 22.0. The summed E-state index contributed by atoms with van der Waals surface area (Å²) in [5.41, 5.74) is 1.10. The first-order chi connectivity index (χ1) is 8.63. The van der Waals surface area contributed by atoms with Crippen molar-refractivity contribution in [2.24, 2.45) is 0 Å². The van der Waals surface area contributed by atoms with Gasteiger partial charge in [0.2, 0.25) is 5.91 Å². The molecule has 0 radical (unpaired) electrons. The summed E-state index contributed by atoms with van der Waals surface area (Å²) in [6, 6.07) is 8.44. The van der Waals surface area contributed by atoms with Gasteiger partial charge in [-0.3, -0.25) is 4.79 Å². The number of carboxylic acid groups (broad SMARTS) is 1. The van der Waals surface area contributed by atoms with Crippen LogP contribution in [0, 0.1) is 0 Å². The van der Waals surface area contributed by atoms with E-state index < -0.39 is 24.5 Å². The van der Waals surface area contributed by atoms with Crippen molar-refractivity contribution >= 4 is 23.6 Å². The molecule has 0 saturated carbocycles. The van der Waals surface area contributed by atoms with E-state index in [4.69, 9.17) is 10.2 Å². The fourth-order valence-electron chi connectivity index (χ4n) is 1.26. The van der Waals surface area contributed by atoms with Crippen LogP contribution in [0.1, 0.15) is 5.56 Å². The number of aliphatic carboxylic acids is 1. The van der Waals surface area contributed by atoms with Crippen LogP contribution in [-0.2, 0) is 15.3 Å². The maximum atomic E-state index is 11.4. The largest absolute Gasteiger partial charge is 0.480 e. The van der Waals surface area contributed by atoms with Gasteiger partial charge in [0.1, 0.15) is 6.04 Å². The Balaban J connectivity index is 2.27. The number of aliphatic hydroxyl groups excluding tert-OH is 1. The van der Waals surface area contributed by atoms with Gasteiger partial charge < -0.3 is 15.5 Å². The smallest absolute Gasteiger partial charge is 0.328 e. The summed E-state index contributed by atoms with van der Waals surface area (Å²) in [6.45, 7) is -0.607. The van der Waals surface area contributed by atoms with Crippen LogP contribution in [0.25, 0.3) is 0 Å². The van der Waals surface area contributed by atoms with Gasteiger partial charge in [-0.2, -0.15) is 0 Å². The van der Waals surface area contributed by atoms with Crippen molar-refractivity contribution in [2.75, 3.05) is 12.4 Å². The summed E-state index contributed by atoms with van der Waals surface area (Å²) < 4.78 is 0. The molecule has 0 aliphatic heterocycles. The van der Waals surface area contributed by atoms with Crippen molar-refractivity contribution in [1.29, 1.82) is 0 Å². The van der Waals surface area contributed by atoms with Crippen LogP contribution < -0.4 is 5.32 Å². The third-order valence-corrected chi connectivity index (χ3v) is 3.16. The Bertz CT molecular complexity index is 396. The number of thioether (sulfide) groups is 1. The molecule has 0 aliphatic carbocycles. The molecule has 0 fully saturated rings. The molecular formula is C12H15NO4S. The first-order valence-electron chi connectivity index (χ1n) is 5.38. The summed E-state index contributed by atoms with van der Waals surface area (Å²) in [6.07, 6.45) is 0. The molecule has 18 heavy (non-hydrogen) atoms. The highest BCUT2D eigenvalue weighted by Crippen LogP contribution is 2.11. The lowest BCUT2D eigenvalue weighted by atomic mass is 10.2. The third-order valence-electron chi connectivity index (χ3n) is 2.16. The molecule has 3 N–H and O–H groups in total. The number of carboxylic acids is 1. The number of rotatable bonds is 7. The van der Waals surface area contributed by atoms with Crippen LogP contribution in [0.5, 0.6) is 0 Å². The van der Waals surface area contributed by atoms with Gasteiger partial charge in [0.25, 0.3) is 0 Å². The average Bonchev–Trinajstić information content (AvgIpc) is 2.37. The van der Waals surface area contributed by atoms with E-state index in [0.29, 0.717) is 5.75 Å². The van der Waals surface area contributed by atoms with Gasteiger partial charge in [-0.1, -0.05) is 30.3 Å². The highest BCUT2D eigenvalue weighted by atomic mass is 32.2. The van der Waals surface area contributed by atoms with E-state index in [2.05, 4.69) is 5.32 Å². The maximum absolute atomic E-state index is 11.4. The van der Waals surface area contributed by atoms with Gasteiger partial charge in [-0.05, 0) is 5.56 Å². The Morgan fingerprint density at radius 2 is 1.94 bits per heavy atom. The number of hydrogen-bond donors (Lipinski definition) is 3. The molecule has 1 rings (SSSR count). The molecule has 1 atom stereocenters. The molecule has 0 bridgehead atoms. The Hall–Kier alpha value is -1.53. The van der Waals surface area contributed by atoms with E-state index in [1.54, 1.807) is 0 Å². The van der Waals surface area contributed by atoms with Crippen molar-refractivity contribution in [1.82, 2.24) is 5.32 Å². The van der Waals surface area contributed by atoms with Gasteiger partial charge in [0.15, 0.2) is 0 Å². The second-order valence-corrected chi connectivity index (χ2v) is 4.60. The molecule has 0 aliphatic rings. The molecule has 0 saturated heterocycles. The highest BCUT2D eigenvalue weighted by Gasteiger charge is 2.18. The topological polar surface area (TPSA) is 86.6 Å². The van der Waals surface area contributed by atoms with Crippen molar-refractivity contribution in [3.8, 4) is 0 Å². The van der Waals surface area contributed by atoms with Gasteiger partial charge in [-0.15, -0.1) is 11.8 Å². The summed E-state index contributed by atoms with van der Waals surface area (Å²) in [5.74, 6) is -0.777. The highest BCUT2D eigenvalue weighted by molar-refractivity contribution is 7.99. The minimum absolute atomic E-state index is 0.165. The Morgan fingerprint density at radius 3 is 2.50 bits per heavy atom. The zero-order chi connectivity index (χ0) is 13.4. The van der Waals surface area contributed by atoms with Crippen LogP contribution in [0.15, 0.2) is 30.3 Å². The predicted molar refractivity (Wildman–Crippen MR) is 69.3 cm³/mol. The number of hydrogen-bond acceptors (Lipinski definition) is 4. The van der Waals surface area contributed by atoms with E-state index in [9.17, 15) is 9.59 Å². The van der Waals surface area contributed by atoms with E-state index >= 15 is 0 Å². The molecule has 0 heterocycles. The number of amides is 1. The fourth-order valence-corrected chi connectivity index (χ4v) is 2.06. The Morgan fingerprint density at radius 1 is 1.28 bits per heavy atom. The van der Waals surface area contributed by atoms with Gasteiger partial charge in [0, 0.05) is 5.75 Å². The zero-order valence-corrected chi connectivity index (χ0v) is 10.5. The van der Waals surface area contributed by atoms with Crippen LogP contribution in [0.2, 0.25) is 0 Å². The molecule has 0 unspecified atom stereocenters. The lowest BCUT2D eigenvalue weighted by molar-refractivity contribution is -0.142. The Labute approximate surface area is 109 Å². The zero-order valence-electron chi connectivity index (χ0n) is 9.70. The fraction of sp³-hybridized carbons (Fsp3) is 0.333. The van der Waals surface area contributed by atoms with E-state index in [0.717, 1.165) is 5.56 Å². The first kappa shape index (κ1) is 14.5. The summed E-state index contributed by atoms with van der Waals surface area (Å²) >= 11 is 1.39. The number of benzene rings is 1. The SMILES string of the molecule is O=C(CSCc1ccccc1)N[C@H](CO)C(=O)O. The lowest BCUT2D eigenvalue weighted by Crippen LogP contribution is -2.44. The van der Waals surface area contributed by atoms with Crippen molar-refractivity contribution in [3.05, 3.63) is 35.9 Å². The van der Waals surface area contributed by atoms with Gasteiger partial charge in [0.05, 0.1) is 12.4 Å². The van der Waals surface area contributed by atoms with Crippen LogP contribution in [-0.4, -0.2) is 40.5 Å². The molecule has 0 spiro atoms.